The summed E-state index contributed by atoms with van der Waals surface area (Å²) in [7, 11) is 0. The van der Waals surface area contributed by atoms with Gasteiger partial charge in [-0.25, -0.2) is 0 Å². The molecule has 0 heterocycles. The number of hydrogen-bond acceptors (Lipinski definition) is 2. The number of nitrogen functional groups attached to an aromatic ring is 1. The lowest BCUT2D eigenvalue weighted by molar-refractivity contribution is 0.180. The third kappa shape index (κ3) is 2.25. The van der Waals surface area contributed by atoms with Crippen LogP contribution in [0.4, 0.5) is 5.69 Å². The van der Waals surface area contributed by atoms with Gasteiger partial charge in [0.2, 0.25) is 0 Å². The average molecular weight is 205 g/mol. The van der Waals surface area contributed by atoms with E-state index in [1.807, 2.05) is 13.0 Å². The van der Waals surface area contributed by atoms with Crippen LogP contribution in [-0.2, 0) is 0 Å². The third-order valence-electron chi connectivity index (χ3n) is 3.26. The highest BCUT2D eigenvalue weighted by molar-refractivity contribution is 5.54. The molecule has 0 saturated heterocycles. The highest BCUT2D eigenvalue weighted by Gasteiger charge is 2.18. The minimum atomic E-state index is 0.770. The molecule has 2 heteroatoms. The monoisotopic (exact) mass is 205 g/mol. The van der Waals surface area contributed by atoms with E-state index >= 15 is 0 Å². The summed E-state index contributed by atoms with van der Waals surface area (Å²) in [5.41, 5.74) is 9.00. The summed E-state index contributed by atoms with van der Waals surface area (Å²) in [6.45, 7) is 4.95. The molecule has 0 aliphatic heterocycles. The normalized spacial score (nSPS) is 16.1. The van der Waals surface area contributed by atoms with E-state index < -0.39 is 0 Å². The van der Waals surface area contributed by atoms with Crippen LogP contribution in [0.1, 0.15) is 30.4 Å². The minimum Gasteiger partial charge on any atom is -0.493 e. The van der Waals surface area contributed by atoms with Gasteiger partial charge in [-0.05, 0) is 43.7 Å². The lowest BCUT2D eigenvalue weighted by atomic mass is 9.86. The molecule has 2 rings (SSSR count). The largest absolute Gasteiger partial charge is 0.493 e. The summed E-state index contributed by atoms with van der Waals surface area (Å²) in [5.74, 6) is 1.72. The number of aryl methyl sites for hydroxylation is 2. The van der Waals surface area contributed by atoms with Crippen LogP contribution in [0.25, 0.3) is 0 Å². The number of hydrogen-bond donors (Lipinski definition) is 1. The van der Waals surface area contributed by atoms with Crippen LogP contribution < -0.4 is 10.5 Å². The molecule has 1 aromatic carbocycles. The average Bonchev–Trinajstić information content (AvgIpc) is 2.11. The lowest BCUT2D eigenvalue weighted by Gasteiger charge is -2.25. The summed E-state index contributed by atoms with van der Waals surface area (Å²) in [6.07, 6.45) is 4.00. The molecule has 0 bridgehead atoms. The molecule has 0 spiro atoms. The Morgan fingerprint density at radius 3 is 2.60 bits per heavy atom. The Hall–Kier alpha value is -1.18. The molecule has 1 fully saturated rings. The lowest BCUT2D eigenvalue weighted by Crippen LogP contribution is -2.19. The number of benzene rings is 1. The number of nitrogens with two attached hydrogens (primary N) is 1. The quantitative estimate of drug-likeness (QED) is 0.770. The highest BCUT2D eigenvalue weighted by atomic mass is 16.5. The molecule has 0 radical (unpaired) electrons. The smallest absolute Gasteiger partial charge is 0.124 e. The van der Waals surface area contributed by atoms with E-state index in [1.165, 1.54) is 24.8 Å². The Balaban J connectivity index is 2.03. The molecule has 0 atom stereocenters. The molecule has 2 N–H and O–H groups in total. The molecule has 0 amide bonds. The van der Waals surface area contributed by atoms with Gasteiger partial charge < -0.3 is 10.5 Å². The second kappa shape index (κ2) is 4.13. The van der Waals surface area contributed by atoms with Crippen molar-refractivity contribution >= 4 is 5.69 Å². The van der Waals surface area contributed by atoms with Gasteiger partial charge in [0.05, 0.1) is 6.61 Å². The molecule has 82 valence electrons. The van der Waals surface area contributed by atoms with Crippen LogP contribution in [0.5, 0.6) is 5.75 Å². The molecule has 1 aromatic rings. The van der Waals surface area contributed by atoms with Gasteiger partial charge in [-0.3, -0.25) is 0 Å². The van der Waals surface area contributed by atoms with Gasteiger partial charge in [0, 0.05) is 11.8 Å². The first-order chi connectivity index (χ1) is 7.16. The summed E-state index contributed by atoms with van der Waals surface area (Å²) in [5, 5.41) is 0. The van der Waals surface area contributed by atoms with E-state index in [1.54, 1.807) is 0 Å². The molecule has 2 nitrogen and oxygen atoms in total. The van der Waals surface area contributed by atoms with Crippen molar-refractivity contribution in [3.8, 4) is 5.75 Å². The van der Waals surface area contributed by atoms with Gasteiger partial charge in [-0.1, -0.05) is 12.5 Å². The maximum absolute atomic E-state index is 5.86. The Morgan fingerprint density at radius 1 is 1.27 bits per heavy atom. The first-order valence-corrected chi connectivity index (χ1v) is 5.66. The number of rotatable bonds is 3. The maximum Gasteiger partial charge on any atom is 0.124 e. The molecule has 0 aromatic heterocycles. The molecule has 1 aliphatic carbocycles. The first-order valence-electron chi connectivity index (χ1n) is 5.66. The second-order valence-corrected chi connectivity index (χ2v) is 4.58. The van der Waals surface area contributed by atoms with Gasteiger partial charge in [0.1, 0.15) is 5.75 Å². The van der Waals surface area contributed by atoms with Gasteiger partial charge in [0.25, 0.3) is 0 Å². The van der Waals surface area contributed by atoms with E-state index in [2.05, 4.69) is 13.0 Å². The summed E-state index contributed by atoms with van der Waals surface area (Å²) >= 11 is 0. The number of anilines is 1. The van der Waals surface area contributed by atoms with Crippen molar-refractivity contribution in [3.63, 3.8) is 0 Å². The Bertz CT molecular complexity index is 356. The van der Waals surface area contributed by atoms with Crippen LogP contribution in [0.3, 0.4) is 0 Å². The van der Waals surface area contributed by atoms with Crippen molar-refractivity contribution in [2.75, 3.05) is 12.3 Å². The zero-order valence-corrected chi connectivity index (χ0v) is 9.55. The van der Waals surface area contributed by atoms with Gasteiger partial charge in [-0.15, -0.1) is 0 Å². The van der Waals surface area contributed by atoms with Crippen LogP contribution in [0, 0.1) is 19.8 Å². The van der Waals surface area contributed by atoms with Crippen molar-refractivity contribution in [2.24, 2.45) is 5.92 Å². The molecule has 1 saturated carbocycles. The van der Waals surface area contributed by atoms with Crippen LogP contribution in [-0.4, -0.2) is 6.61 Å². The fourth-order valence-electron chi connectivity index (χ4n) is 1.87. The van der Waals surface area contributed by atoms with Crippen molar-refractivity contribution < 1.29 is 4.74 Å². The molecular formula is C13H19NO. The number of ether oxygens (including phenoxy) is 1. The predicted molar refractivity (Wildman–Crippen MR) is 63.2 cm³/mol. The van der Waals surface area contributed by atoms with Crippen LogP contribution in [0.15, 0.2) is 12.1 Å². The summed E-state index contributed by atoms with van der Waals surface area (Å²) in [4.78, 5) is 0. The second-order valence-electron chi connectivity index (χ2n) is 4.58. The Labute approximate surface area is 91.4 Å². The fraction of sp³-hybridized carbons (Fsp3) is 0.538. The van der Waals surface area contributed by atoms with E-state index in [0.29, 0.717) is 0 Å². The van der Waals surface area contributed by atoms with E-state index in [0.717, 1.165) is 29.5 Å². The van der Waals surface area contributed by atoms with Crippen molar-refractivity contribution in [1.82, 2.24) is 0 Å². The topological polar surface area (TPSA) is 35.2 Å². The van der Waals surface area contributed by atoms with Gasteiger partial charge >= 0.3 is 0 Å². The van der Waals surface area contributed by atoms with Crippen molar-refractivity contribution in [1.29, 1.82) is 0 Å². The summed E-state index contributed by atoms with van der Waals surface area (Å²) < 4.78 is 5.80. The summed E-state index contributed by atoms with van der Waals surface area (Å²) in [6, 6.07) is 4.04. The first kappa shape index (κ1) is 10.3. The Kier molecular flexibility index (Phi) is 2.85. The van der Waals surface area contributed by atoms with E-state index in [4.69, 9.17) is 10.5 Å². The van der Waals surface area contributed by atoms with Crippen LogP contribution in [0.2, 0.25) is 0 Å². The van der Waals surface area contributed by atoms with Crippen molar-refractivity contribution in [2.45, 2.75) is 33.1 Å². The zero-order valence-electron chi connectivity index (χ0n) is 9.55. The van der Waals surface area contributed by atoms with Gasteiger partial charge in [0.15, 0.2) is 0 Å². The fourth-order valence-corrected chi connectivity index (χ4v) is 1.87. The molecular weight excluding hydrogens is 186 g/mol. The molecule has 1 aliphatic rings. The predicted octanol–water partition coefficient (Wildman–Crippen LogP) is 3.06. The highest BCUT2D eigenvalue weighted by Crippen LogP contribution is 2.29. The Morgan fingerprint density at radius 2 is 2.00 bits per heavy atom. The van der Waals surface area contributed by atoms with Crippen LogP contribution >= 0.6 is 0 Å². The van der Waals surface area contributed by atoms with E-state index in [9.17, 15) is 0 Å². The molecule has 15 heavy (non-hydrogen) atoms. The molecule has 0 unspecified atom stereocenters. The standard InChI is InChI=1S/C13H19NO/c1-9-6-10(2)13(7-12(9)14)15-8-11-4-3-5-11/h6-7,11H,3-5,8,14H2,1-2H3. The maximum atomic E-state index is 5.86. The SMILES string of the molecule is Cc1cc(C)c(OCC2CCC2)cc1N. The van der Waals surface area contributed by atoms with Gasteiger partial charge in [-0.2, -0.15) is 0 Å². The van der Waals surface area contributed by atoms with Crippen molar-refractivity contribution in [3.05, 3.63) is 23.3 Å². The third-order valence-corrected chi connectivity index (χ3v) is 3.26. The zero-order chi connectivity index (χ0) is 10.8. The minimum absolute atomic E-state index is 0.770. The van der Waals surface area contributed by atoms with E-state index in [-0.39, 0.29) is 0 Å².